The van der Waals surface area contributed by atoms with Crippen molar-refractivity contribution in [1.82, 2.24) is 34.3 Å². The van der Waals surface area contributed by atoms with Gasteiger partial charge in [-0.05, 0) is 12.5 Å². The predicted molar refractivity (Wildman–Crippen MR) is 139 cm³/mol. The number of hydrogen-bond acceptors (Lipinski definition) is 7. The Kier molecular flexibility index (Phi) is 8.79. The van der Waals surface area contributed by atoms with Crippen molar-refractivity contribution in [2.75, 3.05) is 31.1 Å². The number of halogens is 1. The molecule has 0 saturated carbocycles. The number of nitrogens with one attached hydrogen (secondary N) is 1. The molecule has 1 N–H and O–H groups in total. The standard InChI is InChI=1S/C21H29N9S.HI/c1-4-18-24-21(31-27-18)30-12-10-29(11-13-30)20(22-14-17-8-6-5-7-9-17)23-15-19-26-25-16(2)28(19)3;/h5-9H,4,10-15H2,1-3H3,(H,22,23);1H. The van der Waals surface area contributed by atoms with Crippen LogP contribution >= 0.6 is 35.5 Å². The summed E-state index contributed by atoms with van der Waals surface area (Å²) in [6.45, 7) is 8.81. The van der Waals surface area contributed by atoms with Crippen molar-refractivity contribution in [3.05, 3.63) is 53.4 Å². The Hall–Kier alpha value is -2.28. The summed E-state index contributed by atoms with van der Waals surface area (Å²) in [5.74, 6) is 3.62. The summed E-state index contributed by atoms with van der Waals surface area (Å²) in [5, 5.41) is 12.9. The van der Waals surface area contributed by atoms with Crippen LogP contribution in [0.2, 0.25) is 0 Å². The Morgan fingerprint density at radius 2 is 1.88 bits per heavy atom. The molecule has 1 aliphatic rings. The third kappa shape index (κ3) is 5.94. The number of piperazine rings is 1. The maximum absolute atomic E-state index is 4.91. The van der Waals surface area contributed by atoms with E-state index < -0.39 is 0 Å². The Bertz CT molecular complexity index is 1010. The smallest absolute Gasteiger partial charge is 0.205 e. The van der Waals surface area contributed by atoms with Gasteiger partial charge < -0.3 is 19.7 Å². The molecule has 0 radical (unpaired) electrons. The summed E-state index contributed by atoms with van der Waals surface area (Å²) < 4.78 is 6.42. The molecule has 0 aliphatic carbocycles. The van der Waals surface area contributed by atoms with Crippen LogP contribution in [0.25, 0.3) is 0 Å². The number of nitrogens with zero attached hydrogens (tertiary/aromatic N) is 8. The highest BCUT2D eigenvalue weighted by atomic mass is 127. The number of hydrogen-bond donors (Lipinski definition) is 1. The molecule has 1 fully saturated rings. The molecular formula is C21H30IN9S. The molecule has 0 bridgehead atoms. The van der Waals surface area contributed by atoms with Crippen molar-refractivity contribution in [1.29, 1.82) is 0 Å². The minimum Gasteiger partial charge on any atom is -0.349 e. The number of aryl methyl sites for hydroxylation is 2. The van der Waals surface area contributed by atoms with E-state index in [4.69, 9.17) is 4.99 Å². The van der Waals surface area contributed by atoms with E-state index in [0.717, 1.165) is 61.2 Å². The van der Waals surface area contributed by atoms with Gasteiger partial charge >= 0.3 is 0 Å². The van der Waals surface area contributed by atoms with Crippen LogP contribution in [0.5, 0.6) is 0 Å². The second-order valence-corrected chi connectivity index (χ2v) is 8.25. The maximum atomic E-state index is 4.91. The van der Waals surface area contributed by atoms with Crippen molar-refractivity contribution < 1.29 is 0 Å². The topological polar surface area (TPSA) is 87.4 Å². The lowest BCUT2D eigenvalue weighted by molar-refractivity contribution is 0.370. The van der Waals surface area contributed by atoms with E-state index in [0.29, 0.717) is 13.1 Å². The average Bonchev–Trinajstić information content (AvgIpc) is 3.42. The summed E-state index contributed by atoms with van der Waals surface area (Å²) in [6, 6.07) is 10.3. The van der Waals surface area contributed by atoms with E-state index in [-0.39, 0.29) is 24.0 Å². The van der Waals surface area contributed by atoms with E-state index in [1.807, 2.05) is 36.7 Å². The van der Waals surface area contributed by atoms with Crippen molar-refractivity contribution in [3.8, 4) is 0 Å². The molecule has 4 rings (SSSR count). The lowest BCUT2D eigenvalue weighted by atomic mass is 10.2. The third-order valence-electron chi connectivity index (χ3n) is 5.46. The van der Waals surface area contributed by atoms with Gasteiger partial charge in [0.1, 0.15) is 11.6 Å². The Labute approximate surface area is 210 Å². The molecule has 0 amide bonds. The second kappa shape index (κ2) is 11.5. The Morgan fingerprint density at radius 3 is 2.50 bits per heavy atom. The van der Waals surface area contributed by atoms with Crippen LogP contribution in [-0.4, -0.2) is 61.2 Å². The fraction of sp³-hybridized carbons (Fsp3) is 0.476. The molecule has 11 heteroatoms. The van der Waals surface area contributed by atoms with Crippen LogP contribution in [0.15, 0.2) is 35.3 Å². The number of anilines is 1. The molecule has 0 atom stereocenters. The van der Waals surface area contributed by atoms with Crippen LogP contribution < -0.4 is 10.2 Å². The first kappa shape index (κ1) is 24.4. The number of guanidine groups is 1. The first-order valence-electron chi connectivity index (χ1n) is 10.6. The number of benzene rings is 1. The normalized spacial score (nSPS) is 14.4. The minimum atomic E-state index is 0. The number of aliphatic imine (C=N–C) groups is 1. The Morgan fingerprint density at radius 1 is 1.12 bits per heavy atom. The molecule has 0 spiro atoms. The molecule has 1 saturated heterocycles. The van der Waals surface area contributed by atoms with E-state index in [1.54, 1.807) is 0 Å². The maximum Gasteiger partial charge on any atom is 0.205 e. The number of aromatic nitrogens is 5. The van der Waals surface area contributed by atoms with E-state index >= 15 is 0 Å². The monoisotopic (exact) mass is 567 g/mol. The van der Waals surface area contributed by atoms with Crippen molar-refractivity contribution in [2.45, 2.75) is 33.4 Å². The van der Waals surface area contributed by atoms with Crippen LogP contribution in [0.3, 0.4) is 0 Å². The minimum absolute atomic E-state index is 0. The molecule has 172 valence electrons. The van der Waals surface area contributed by atoms with Crippen LogP contribution in [0.1, 0.15) is 30.0 Å². The van der Waals surface area contributed by atoms with Gasteiger partial charge in [-0.2, -0.15) is 4.37 Å². The molecule has 3 heterocycles. The molecule has 3 aromatic rings. The zero-order valence-corrected chi connectivity index (χ0v) is 21.9. The van der Waals surface area contributed by atoms with Crippen molar-refractivity contribution in [2.24, 2.45) is 12.0 Å². The first-order valence-corrected chi connectivity index (χ1v) is 11.4. The zero-order valence-electron chi connectivity index (χ0n) is 18.7. The fourth-order valence-corrected chi connectivity index (χ4v) is 4.21. The summed E-state index contributed by atoms with van der Waals surface area (Å²) in [4.78, 5) is 14.2. The largest absolute Gasteiger partial charge is 0.349 e. The quantitative estimate of drug-likeness (QED) is 0.279. The van der Waals surface area contributed by atoms with Gasteiger partial charge in [0, 0.05) is 51.2 Å². The van der Waals surface area contributed by atoms with Gasteiger partial charge in [-0.25, -0.2) is 9.98 Å². The highest BCUT2D eigenvalue weighted by Gasteiger charge is 2.22. The molecular weight excluding hydrogens is 537 g/mol. The second-order valence-electron chi connectivity index (χ2n) is 7.52. The average molecular weight is 568 g/mol. The lowest BCUT2D eigenvalue weighted by Gasteiger charge is -2.36. The molecule has 1 aliphatic heterocycles. The SMILES string of the molecule is CCc1nsc(N2CCN(C(=NCc3ccccc3)NCc3nnc(C)n3C)CC2)n1.I. The van der Waals surface area contributed by atoms with Gasteiger partial charge in [-0.1, -0.05) is 37.3 Å². The lowest BCUT2D eigenvalue weighted by Crippen LogP contribution is -2.52. The van der Waals surface area contributed by atoms with Gasteiger partial charge in [0.15, 0.2) is 11.8 Å². The highest BCUT2D eigenvalue weighted by molar-refractivity contribution is 14.0. The highest BCUT2D eigenvalue weighted by Crippen LogP contribution is 2.19. The number of rotatable bonds is 6. The van der Waals surface area contributed by atoms with E-state index in [2.05, 4.69) is 53.7 Å². The zero-order chi connectivity index (χ0) is 21.6. The molecule has 2 aromatic heterocycles. The van der Waals surface area contributed by atoms with E-state index in [9.17, 15) is 0 Å². The van der Waals surface area contributed by atoms with Gasteiger partial charge in [0.2, 0.25) is 5.13 Å². The van der Waals surface area contributed by atoms with Crippen LogP contribution in [0, 0.1) is 6.92 Å². The molecule has 9 nitrogen and oxygen atoms in total. The van der Waals surface area contributed by atoms with Gasteiger partial charge in [-0.15, -0.1) is 34.2 Å². The first-order chi connectivity index (χ1) is 15.1. The molecule has 1 aromatic carbocycles. The third-order valence-corrected chi connectivity index (χ3v) is 6.28. The van der Waals surface area contributed by atoms with Crippen molar-refractivity contribution >= 4 is 46.6 Å². The van der Waals surface area contributed by atoms with Crippen LogP contribution in [0.4, 0.5) is 5.13 Å². The summed E-state index contributed by atoms with van der Waals surface area (Å²) in [5.41, 5.74) is 1.19. The van der Waals surface area contributed by atoms with Gasteiger partial charge in [0.05, 0.1) is 13.1 Å². The molecule has 32 heavy (non-hydrogen) atoms. The fourth-order valence-electron chi connectivity index (χ4n) is 3.41. The predicted octanol–water partition coefficient (Wildman–Crippen LogP) is 2.62. The van der Waals surface area contributed by atoms with Crippen LogP contribution in [-0.2, 0) is 26.6 Å². The van der Waals surface area contributed by atoms with Crippen molar-refractivity contribution in [3.63, 3.8) is 0 Å². The summed E-state index contributed by atoms with van der Waals surface area (Å²) in [7, 11) is 1.98. The van der Waals surface area contributed by atoms with Gasteiger partial charge in [0.25, 0.3) is 0 Å². The van der Waals surface area contributed by atoms with Gasteiger partial charge in [-0.3, -0.25) is 0 Å². The van der Waals surface area contributed by atoms with E-state index in [1.165, 1.54) is 17.1 Å². The molecule has 0 unspecified atom stereocenters. The Balaban J connectivity index is 0.00000289. The summed E-state index contributed by atoms with van der Waals surface area (Å²) in [6.07, 6.45) is 0.873. The summed E-state index contributed by atoms with van der Waals surface area (Å²) >= 11 is 1.49.